The molecule has 3 fully saturated rings. The number of anilines is 1. The third-order valence-electron chi connectivity index (χ3n) is 11.0. The molecule has 11 nitrogen and oxygen atoms in total. The van der Waals surface area contributed by atoms with Crippen LogP contribution in [0.3, 0.4) is 0 Å². The van der Waals surface area contributed by atoms with Gasteiger partial charge in [0.25, 0.3) is 0 Å². The lowest BCUT2D eigenvalue weighted by molar-refractivity contribution is 0.0298. The highest BCUT2D eigenvalue weighted by molar-refractivity contribution is 7.90. The average molecular weight is 736 g/mol. The molecule has 51 heavy (non-hydrogen) atoms. The van der Waals surface area contributed by atoms with Crippen LogP contribution in [0.2, 0.25) is 0 Å². The largest absolute Gasteiger partial charge is 0.371 e. The number of hydrogen-bond acceptors (Lipinski definition) is 9. The monoisotopic (exact) mass is 735 g/mol. The molecule has 2 saturated heterocycles. The number of aryl methyl sites for hydroxylation is 2. The number of sulfonamides is 2. The molecule has 2 aliphatic heterocycles. The summed E-state index contributed by atoms with van der Waals surface area (Å²) >= 11 is 0. The third kappa shape index (κ3) is 9.36. The van der Waals surface area contributed by atoms with Crippen molar-refractivity contribution in [3.05, 3.63) is 95.6 Å². The van der Waals surface area contributed by atoms with Gasteiger partial charge in [0.05, 0.1) is 22.4 Å². The van der Waals surface area contributed by atoms with Crippen molar-refractivity contribution in [2.45, 2.75) is 89.2 Å². The first-order chi connectivity index (χ1) is 24.3. The van der Waals surface area contributed by atoms with Crippen LogP contribution in [0.5, 0.6) is 0 Å². The summed E-state index contributed by atoms with van der Waals surface area (Å²) in [6, 6.07) is 19.1. The number of piperidine rings is 2. The molecule has 1 aliphatic carbocycles. The van der Waals surface area contributed by atoms with E-state index in [2.05, 4.69) is 84.0 Å². The van der Waals surface area contributed by atoms with Crippen LogP contribution in [0.25, 0.3) is 5.70 Å². The van der Waals surface area contributed by atoms with Crippen LogP contribution in [0.4, 0.5) is 5.69 Å². The number of aromatic nitrogens is 2. The van der Waals surface area contributed by atoms with E-state index in [0.717, 1.165) is 92.3 Å². The van der Waals surface area contributed by atoms with E-state index in [9.17, 15) is 16.8 Å². The summed E-state index contributed by atoms with van der Waals surface area (Å²) in [6.45, 7) is 15.8. The van der Waals surface area contributed by atoms with Gasteiger partial charge in [-0.25, -0.2) is 36.2 Å². The van der Waals surface area contributed by atoms with Gasteiger partial charge in [-0.3, -0.25) is 4.90 Å². The van der Waals surface area contributed by atoms with Gasteiger partial charge in [0.1, 0.15) is 6.33 Å². The zero-order chi connectivity index (χ0) is 36.2. The van der Waals surface area contributed by atoms with Crippen molar-refractivity contribution in [2.24, 2.45) is 0 Å². The highest BCUT2D eigenvalue weighted by Crippen LogP contribution is 2.36. The fourth-order valence-corrected chi connectivity index (χ4v) is 9.97. The highest BCUT2D eigenvalue weighted by atomic mass is 32.2. The van der Waals surface area contributed by atoms with Gasteiger partial charge < -0.3 is 9.80 Å². The van der Waals surface area contributed by atoms with Crippen LogP contribution in [-0.4, -0.2) is 91.9 Å². The van der Waals surface area contributed by atoms with Gasteiger partial charge in [-0.05, 0) is 82.6 Å². The Kier molecular flexibility index (Phi) is 11.5. The lowest BCUT2D eigenvalue weighted by atomic mass is 9.85. The molecule has 0 unspecified atom stereocenters. The highest BCUT2D eigenvalue weighted by Gasteiger charge is 2.39. The van der Waals surface area contributed by atoms with Crippen molar-refractivity contribution in [1.29, 1.82) is 0 Å². The second kappa shape index (κ2) is 15.7. The Labute approximate surface area is 304 Å². The van der Waals surface area contributed by atoms with Crippen LogP contribution < -0.4 is 14.3 Å². The maximum absolute atomic E-state index is 12.6. The number of likely N-dealkylation sites (tertiary alicyclic amines) is 2. The molecule has 0 spiro atoms. The van der Waals surface area contributed by atoms with E-state index in [0.29, 0.717) is 18.9 Å². The molecule has 1 saturated carbocycles. The minimum Gasteiger partial charge on any atom is -0.371 e. The Bertz CT molecular complexity index is 1850. The van der Waals surface area contributed by atoms with Crippen molar-refractivity contribution in [2.75, 3.05) is 43.4 Å². The molecule has 0 atom stereocenters. The van der Waals surface area contributed by atoms with Crippen molar-refractivity contribution in [3.8, 4) is 0 Å². The minimum atomic E-state index is -3.64. The van der Waals surface area contributed by atoms with Crippen LogP contribution in [0, 0.1) is 13.8 Å². The Hall–Kier alpha value is -3.36. The first-order valence-corrected chi connectivity index (χ1v) is 21.4. The molecular weight excluding hydrogens is 683 g/mol. The molecule has 0 bridgehead atoms. The van der Waals surface area contributed by atoms with Gasteiger partial charge in [0.15, 0.2) is 0 Å². The predicted octanol–water partition coefficient (Wildman–Crippen LogP) is 4.59. The lowest BCUT2D eigenvalue weighted by Gasteiger charge is -2.51. The molecule has 276 valence electrons. The minimum absolute atomic E-state index is 0.128. The maximum Gasteiger partial charge on any atom is 0.214 e. The standard InChI is InChI=1S/C38H53N7O4S2/c1-29-37(30(2)40-28-39-29)31(3)43-23-18-38(4,19-24-43)44-21-16-35(17-22-44)45(27-33-8-6-5-7-9-33)34-12-10-32(11-13-34)26-42-50(46,47)25-20-41-51(48,49)36-14-15-36/h5-13,28,35-36,41-42H,3,14-27H2,1-2,4H3. The van der Waals surface area contributed by atoms with Crippen molar-refractivity contribution in [1.82, 2.24) is 29.2 Å². The number of benzene rings is 2. The van der Waals surface area contributed by atoms with Gasteiger partial charge in [-0.15, -0.1) is 0 Å². The Morgan fingerprint density at radius 1 is 0.863 bits per heavy atom. The van der Waals surface area contributed by atoms with Gasteiger partial charge in [0, 0.05) is 74.3 Å². The number of rotatable bonds is 15. The lowest BCUT2D eigenvalue weighted by Crippen LogP contribution is -2.57. The van der Waals surface area contributed by atoms with Crippen LogP contribution in [-0.2, 0) is 33.1 Å². The Morgan fingerprint density at radius 3 is 2.10 bits per heavy atom. The van der Waals surface area contributed by atoms with Gasteiger partial charge in [-0.2, -0.15) is 0 Å². The van der Waals surface area contributed by atoms with Crippen molar-refractivity contribution in [3.63, 3.8) is 0 Å². The molecule has 2 N–H and O–H groups in total. The summed E-state index contributed by atoms with van der Waals surface area (Å²) in [5.41, 5.74) is 7.41. The van der Waals surface area contributed by atoms with Gasteiger partial charge in [-0.1, -0.05) is 49.0 Å². The topological polar surface area (TPSA) is 128 Å². The van der Waals surface area contributed by atoms with E-state index >= 15 is 0 Å². The molecule has 3 heterocycles. The molecule has 0 radical (unpaired) electrons. The quantitative estimate of drug-likeness (QED) is 0.231. The van der Waals surface area contributed by atoms with Gasteiger partial charge >= 0.3 is 0 Å². The fourth-order valence-electron chi connectivity index (χ4n) is 7.56. The zero-order valence-electron chi connectivity index (χ0n) is 30.2. The molecule has 2 aromatic carbocycles. The molecule has 1 aromatic heterocycles. The second-order valence-corrected chi connectivity index (χ2v) is 18.6. The van der Waals surface area contributed by atoms with Crippen LogP contribution in [0.1, 0.15) is 73.5 Å². The summed E-state index contributed by atoms with van der Waals surface area (Å²) in [7, 11) is -7.05. The summed E-state index contributed by atoms with van der Waals surface area (Å²) in [4.78, 5) is 16.5. The molecule has 6 rings (SSSR count). The Morgan fingerprint density at radius 2 is 1.49 bits per heavy atom. The summed E-state index contributed by atoms with van der Waals surface area (Å²) in [5, 5.41) is -0.371. The predicted molar refractivity (Wildman–Crippen MR) is 204 cm³/mol. The zero-order valence-corrected chi connectivity index (χ0v) is 31.9. The smallest absolute Gasteiger partial charge is 0.214 e. The van der Waals surface area contributed by atoms with E-state index in [-0.39, 0.29) is 29.6 Å². The summed E-state index contributed by atoms with van der Waals surface area (Å²) in [6.07, 6.45) is 7.18. The van der Waals surface area contributed by atoms with Gasteiger partial charge in [0.2, 0.25) is 20.0 Å². The first-order valence-electron chi connectivity index (χ1n) is 18.2. The third-order valence-corrected chi connectivity index (χ3v) is 14.3. The van der Waals surface area contributed by atoms with Crippen LogP contribution in [0.15, 0.2) is 67.5 Å². The van der Waals surface area contributed by atoms with E-state index in [1.807, 2.05) is 32.0 Å². The molecule has 3 aromatic rings. The molecule has 13 heteroatoms. The average Bonchev–Trinajstić information content (AvgIpc) is 3.98. The number of nitrogens with zero attached hydrogens (tertiary/aromatic N) is 5. The molecular formula is C38H53N7O4S2. The fraction of sp³-hybridized carbons (Fsp3) is 0.526. The normalized spacial score (nSPS) is 18.8. The Balaban J connectivity index is 1.05. The molecule has 0 amide bonds. The summed E-state index contributed by atoms with van der Waals surface area (Å²) in [5.74, 6) is -0.296. The summed E-state index contributed by atoms with van der Waals surface area (Å²) < 4.78 is 54.3. The van der Waals surface area contributed by atoms with Crippen molar-refractivity contribution < 1.29 is 16.8 Å². The van der Waals surface area contributed by atoms with Crippen LogP contribution >= 0.6 is 0 Å². The molecule has 3 aliphatic rings. The van der Waals surface area contributed by atoms with E-state index in [1.54, 1.807) is 6.33 Å². The van der Waals surface area contributed by atoms with Crippen molar-refractivity contribution >= 4 is 31.4 Å². The van der Waals surface area contributed by atoms with E-state index < -0.39 is 20.0 Å². The number of hydrogen-bond donors (Lipinski definition) is 2. The second-order valence-electron chi connectivity index (χ2n) is 14.6. The first kappa shape index (κ1) is 37.4. The number of nitrogens with one attached hydrogen (secondary N) is 2. The van der Waals surface area contributed by atoms with E-state index in [1.165, 1.54) is 5.56 Å². The SMILES string of the molecule is C=C(c1c(C)ncnc1C)N1CCC(C)(N2CCC(N(Cc3ccccc3)c3ccc(CNS(=O)(=O)CCNS(=O)(=O)C4CC4)cc3)CC2)CC1. The maximum atomic E-state index is 12.6. The van der Waals surface area contributed by atoms with E-state index in [4.69, 9.17) is 0 Å².